The summed E-state index contributed by atoms with van der Waals surface area (Å²) in [6.07, 6.45) is 3.06. The maximum Gasteiger partial charge on any atom is 0.231 e. The SMILES string of the molecule is C[C@]1(C(=O)Cl)CCCc2sccc21. The smallest absolute Gasteiger partial charge is 0.231 e. The summed E-state index contributed by atoms with van der Waals surface area (Å²) < 4.78 is 0. The van der Waals surface area contributed by atoms with E-state index in [2.05, 4.69) is 0 Å². The molecule has 0 N–H and O–H groups in total. The molecule has 0 radical (unpaired) electrons. The Bertz CT molecular complexity index is 344. The summed E-state index contributed by atoms with van der Waals surface area (Å²) in [5, 5.41) is 1.83. The molecule has 1 aliphatic carbocycles. The lowest BCUT2D eigenvalue weighted by Crippen LogP contribution is -2.32. The monoisotopic (exact) mass is 214 g/mol. The zero-order valence-electron chi connectivity index (χ0n) is 7.47. The summed E-state index contributed by atoms with van der Waals surface area (Å²) in [7, 11) is 0. The fourth-order valence-electron chi connectivity index (χ4n) is 1.97. The quantitative estimate of drug-likeness (QED) is 0.657. The Hall–Kier alpha value is -0.340. The van der Waals surface area contributed by atoms with Gasteiger partial charge >= 0.3 is 0 Å². The summed E-state index contributed by atoms with van der Waals surface area (Å²) in [6.45, 7) is 1.95. The fraction of sp³-hybridized carbons (Fsp3) is 0.500. The minimum absolute atomic E-state index is 0.216. The summed E-state index contributed by atoms with van der Waals surface area (Å²) in [6, 6.07) is 2.04. The number of fused-ring (bicyclic) bond motifs is 1. The first-order valence-electron chi connectivity index (χ1n) is 4.41. The highest BCUT2D eigenvalue weighted by molar-refractivity contribution is 7.10. The van der Waals surface area contributed by atoms with Crippen molar-refractivity contribution in [1.82, 2.24) is 0 Å². The minimum Gasteiger partial charge on any atom is -0.280 e. The number of halogens is 1. The third-order valence-electron chi connectivity index (χ3n) is 2.85. The molecular formula is C10H11ClOS. The molecule has 0 saturated heterocycles. The maximum absolute atomic E-state index is 11.4. The van der Waals surface area contributed by atoms with Gasteiger partial charge in [0, 0.05) is 4.88 Å². The van der Waals surface area contributed by atoms with Crippen LogP contribution in [0, 0.1) is 0 Å². The first-order chi connectivity index (χ1) is 6.14. The van der Waals surface area contributed by atoms with E-state index in [1.165, 1.54) is 4.88 Å². The van der Waals surface area contributed by atoms with Gasteiger partial charge in [-0.3, -0.25) is 4.79 Å². The van der Waals surface area contributed by atoms with Crippen LogP contribution in [0.25, 0.3) is 0 Å². The molecule has 0 aromatic carbocycles. The highest BCUT2D eigenvalue weighted by atomic mass is 35.5. The molecule has 0 amide bonds. The number of aryl methyl sites for hydroxylation is 1. The molecule has 0 aliphatic heterocycles. The Morgan fingerprint density at radius 2 is 2.46 bits per heavy atom. The summed E-state index contributed by atoms with van der Waals surface area (Å²) in [5.41, 5.74) is 0.735. The van der Waals surface area contributed by atoms with Crippen molar-refractivity contribution < 1.29 is 4.79 Å². The zero-order valence-corrected chi connectivity index (χ0v) is 9.04. The molecule has 1 heterocycles. The number of hydrogen-bond acceptors (Lipinski definition) is 2. The molecule has 70 valence electrons. The highest BCUT2D eigenvalue weighted by Crippen LogP contribution is 2.41. The molecule has 0 spiro atoms. The molecule has 0 fully saturated rings. The molecule has 0 bridgehead atoms. The second-order valence-corrected chi connectivity index (χ2v) is 5.06. The third-order valence-corrected chi connectivity index (χ3v) is 4.25. The first-order valence-corrected chi connectivity index (χ1v) is 5.67. The lowest BCUT2D eigenvalue weighted by Gasteiger charge is -2.30. The number of carbonyl (C=O) groups is 1. The lowest BCUT2D eigenvalue weighted by atomic mass is 9.75. The van der Waals surface area contributed by atoms with Crippen LogP contribution in [0.1, 0.15) is 30.2 Å². The van der Waals surface area contributed by atoms with E-state index in [-0.39, 0.29) is 5.24 Å². The normalized spacial score (nSPS) is 26.9. The number of carbonyl (C=O) groups excluding carboxylic acids is 1. The van der Waals surface area contributed by atoms with E-state index >= 15 is 0 Å². The lowest BCUT2D eigenvalue weighted by molar-refractivity contribution is -0.116. The van der Waals surface area contributed by atoms with Crippen LogP contribution in [0.3, 0.4) is 0 Å². The van der Waals surface area contributed by atoms with E-state index in [0.717, 1.165) is 24.8 Å². The van der Waals surface area contributed by atoms with Crippen molar-refractivity contribution in [2.24, 2.45) is 0 Å². The molecular weight excluding hydrogens is 204 g/mol. The molecule has 0 unspecified atom stereocenters. The van der Waals surface area contributed by atoms with Crippen molar-refractivity contribution >= 4 is 28.2 Å². The molecule has 1 aromatic heterocycles. The van der Waals surface area contributed by atoms with Crippen molar-refractivity contribution in [3.8, 4) is 0 Å². The van der Waals surface area contributed by atoms with E-state index in [1.54, 1.807) is 11.3 Å². The topological polar surface area (TPSA) is 17.1 Å². The standard InChI is InChI=1S/C10H11ClOS/c1-10(9(11)12)5-2-3-8-7(10)4-6-13-8/h4,6H,2-3,5H2,1H3/t10-/m0/s1. The molecule has 13 heavy (non-hydrogen) atoms. The van der Waals surface area contributed by atoms with Crippen molar-refractivity contribution in [2.75, 3.05) is 0 Å². The predicted molar refractivity (Wildman–Crippen MR) is 55.5 cm³/mol. The van der Waals surface area contributed by atoms with Crippen LogP contribution in [-0.4, -0.2) is 5.24 Å². The Morgan fingerprint density at radius 3 is 3.15 bits per heavy atom. The Labute approximate surface area is 86.7 Å². The van der Waals surface area contributed by atoms with Gasteiger partial charge in [-0.2, -0.15) is 0 Å². The van der Waals surface area contributed by atoms with E-state index in [9.17, 15) is 4.79 Å². The van der Waals surface area contributed by atoms with Crippen LogP contribution >= 0.6 is 22.9 Å². The molecule has 3 heteroatoms. The van der Waals surface area contributed by atoms with Crippen LogP contribution in [-0.2, 0) is 16.6 Å². The summed E-state index contributed by atoms with van der Waals surface area (Å²) in [5.74, 6) is 0. The first kappa shape index (κ1) is 9.22. The van der Waals surface area contributed by atoms with Crippen LogP contribution in [0.15, 0.2) is 11.4 Å². The predicted octanol–water partition coefficient (Wildman–Crippen LogP) is 3.11. The Kier molecular flexibility index (Phi) is 2.20. The van der Waals surface area contributed by atoms with Gasteiger partial charge in [0.2, 0.25) is 5.24 Å². The average molecular weight is 215 g/mol. The average Bonchev–Trinajstić information content (AvgIpc) is 2.53. The van der Waals surface area contributed by atoms with Gasteiger partial charge in [-0.1, -0.05) is 0 Å². The van der Waals surface area contributed by atoms with Crippen LogP contribution in [0.4, 0.5) is 0 Å². The van der Waals surface area contributed by atoms with Crippen LogP contribution < -0.4 is 0 Å². The van der Waals surface area contributed by atoms with Crippen molar-refractivity contribution in [3.05, 3.63) is 21.9 Å². The number of hydrogen-bond donors (Lipinski definition) is 0. The molecule has 0 saturated carbocycles. The van der Waals surface area contributed by atoms with Gasteiger partial charge in [0.1, 0.15) is 0 Å². The number of rotatable bonds is 1. The summed E-state index contributed by atoms with van der Waals surface area (Å²) >= 11 is 7.38. The highest BCUT2D eigenvalue weighted by Gasteiger charge is 2.38. The van der Waals surface area contributed by atoms with Gasteiger partial charge in [0.15, 0.2) is 0 Å². The second-order valence-electron chi connectivity index (χ2n) is 3.72. The molecule has 1 atom stereocenters. The van der Waals surface area contributed by atoms with E-state index in [4.69, 9.17) is 11.6 Å². The zero-order chi connectivity index (χ0) is 9.47. The van der Waals surface area contributed by atoms with Gasteiger partial charge in [0.25, 0.3) is 0 Å². The third kappa shape index (κ3) is 1.32. The van der Waals surface area contributed by atoms with E-state index in [0.29, 0.717) is 0 Å². The summed E-state index contributed by atoms with van der Waals surface area (Å²) in [4.78, 5) is 12.7. The van der Waals surface area contributed by atoms with E-state index < -0.39 is 5.41 Å². The maximum atomic E-state index is 11.4. The fourth-order valence-corrected chi connectivity index (χ4v) is 3.21. The minimum atomic E-state index is -0.421. The van der Waals surface area contributed by atoms with Gasteiger partial charge in [-0.05, 0) is 54.8 Å². The Morgan fingerprint density at radius 1 is 1.69 bits per heavy atom. The van der Waals surface area contributed by atoms with Crippen molar-refractivity contribution in [2.45, 2.75) is 31.6 Å². The largest absolute Gasteiger partial charge is 0.280 e. The van der Waals surface area contributed by atoms with Gasteiger partial charge in [0.05, 0.1) is 5.41 Å². The second kappa shape index (κ2) is 3.10. The molecule has 2 rings (SSSR count). The van der Waals surface area contributed by atoms with E-state index in [1.807, 2.05) is 18.4 Å². The Balaban J connectivity index is 2.51. The molecule has 1 aromatic rings. The molecule has 1 nitrogen and oxygen atoms in total. The van der Waals surface area contributed by atoms with Crippen LogP contribution in [0.5, 0.6) is 0 Å². The van der Waals surface area contributed by atoms with Gasteiger partial charge in [-0.25, -0.2) is 0 Å². The van der Waals surface area contributed by atoms with Crippen molar-refractivity contribution in [3.63, 3.8) is 0 Å². The number of thiophene rings is 1. The van der Waals surface area contributed by atoms with Crippen molar-refractivity contribution in [1.29, 1.82) is 0 Å². The van der Waals surface area contributed by atoms with Crippen LogP contribution in [0.2, 0.25) is 0 Å². The van der Waals surface area contributed by atoms with Gasteiger partial charge < -0.3 is 0 Å². The molecule has 1 aliphatic rings. The van der Waals surface area contributed by atoms with Gasteiger partial charge in [-0.15, -0.1) is 11.3 Å².